The minimum Gasteiger partial charge on any atom is -0.386 e. The summed E-state index contributed by atoms with van der Waals surface area (Å²) in [5.74, 6) is 0. The first-order valence-corrected chi connectivity index (χ1v) is 7.29. The SMILES string of the molecule is CC(C)(O)c1ccc(C2(C34NC3(C)N4)NC2(C)C)cc1. The molecule has 3 fully saturated rings. The Kier molecular flexibility index (Phi) is 1.90. The summed E-state index contributed by atoms with van der Waals surface area (Å²) in [4.78, 5) is 0. The van der Waals surface area contributed by atoms with Crippen LogP contribution in [-0.4, -0.2) is 22.0 Å². The van der Waals surface area contributed by atoms with Crippen LogP contribution in [0.5, 0.6) is 0 Å². The van der Waals surface area contributed by atoms with Gasteiger partial charge in [-0.2, -0.15) is 0 Å². The first-order chi connectivity index (χ1) is 9.08. The number of benzene rings is 1. The summed E-state index contributed by atoms with van der Waals surface area (Å²) >= 11 is 0. The van der Waals surface area contributed by atoms with Crippen LogP contribution >= 0.6 is 0 Å². The van der Waals surface area contributed by atoms with Crippen molar-refractivity contribution in [2.24, 2.45) is 0 Å². The molecule has 0 aliphatic carbocycles. The van der Waals surface area contributed by atoms with Crippen LogP contribution in [0, 0.1) is 0 Å². The Morgan fingerprint density at radius 3 is 1.70 bits per heavy atom. The van der Waals surface area contributed by atoms with Gasteiger partial charge in [0.25, 0.3) is 0 Å². The zero-order valence-electron chi connectivity index (χ0n) is 12.8. The number of hydrogen-bond donors (Lipinski definition) is 4. The standard InChI is InChI=1S/C16H23N3O/c1-12(2,20)10-6-8-11(9-7-10)15(13(3,4)17-15)16-14(5,18-16)19-16/h6-9,17-20H,1-5H3. The van der Waals surface area contributed by atoms with E-state index in [2.05, 4.69) is 48.9 Å². The summed E-state index contributed by atoms with van der Waals surface area (Å²) in [6.07, 6.45) is 0. The number of nitrogens with one attached hydrogen (secondary N) is 3. The van der Waals surface area contributed by atoms with Crippen LogP contribution in [0.3, 0.4) is 0 Å². The predicted molar refractivity (Wildman–Crippen MR) is 78.0 cm³/mol. The fraction of sp³-hybridized carbons (Fsp3) is 0.625. The molecular weight excluding hydrogens is 250 g/mol. The van der Waals surface area contributed by atoms with Crippen molar-refractivity contribution in [3.63, 3.8) is 0 Å². The summed E-state index contributed by atoms with van der Waals surface area (Å²) < 4.78 is 0. The maximum absolute atomic E-state index is 10.1. The lowest BCUT2D eigenvalue weighted by Crippen LogP contribution is -2.41. The van der Waals surface area contributed by atoms with Crippen LogP contribution in [0.1, 0.15) is 45.7 Å². The largest absolute Gasteiger partial charge is 0.386 e. The highest BCUT2D eigenvalue weighted by Crippen LogP contribution is 2.69. The Morgan fingerprint density at radius 1 is 0.950 bits per heavy atom. The molecule has 108 valence electrons. The molecule has 4 heteroatoms. The van der Waals surface area contributed by atoms with Crippen LogP contribution in [0.15, 0.2) is 24.3 Å². The van der Waals surface area contributed by atoms with Gasteiger partial charge >= 0.3 is 0 Å². The van der Waals surface area contributed by atoms with Gasteiger partial charge in [-0.25, -0.2) is 0 Å². The lowest BCUT2D eigenvalue weighted by Gasteiger charge is -2.23. The Labute approximate surface area is 120 Å². The number of hydrogen-bond acceptors (Lipinski definition) is 4. The third-order valence-corrected chi connectivity index (χ3v) is 5.46. The summed E-state index contributed by atoms with van der Waals surface area (Å²) in [6, 6.07) is 8.35. The molecule has 3 saturated heterocycles. The van der Waals surface area contributed by atoms with E-state index < -0.39 is 5.60 Å². The first-order valence-electron chi connectivity index (χ1n) is 7.29. The van der Waals surface area contributed by atoms with E-state index in [1.165, 1.54) is 5.56 Å². The molecule has 3 aliphatic rings. The van der Waals surface area contributed by atoms with Crippen molar-refractivity contribution in [2.45, 2.75) is 62.6 Å². The van der Waals surface area contributed by atoms with E-state index in [-0.39, 0.29) is 22.4 Å². The van der Waals surface area contributed by atoms with Gasteiger partial charge in [0.05, 0.1) is 11.1 Å². The molecule has 4 rings (SSSR count). The van der Waals surface area contributed by atoms with Gasteiger partial charge in [0, 0.05) is 5.54 Å². The maximum Gasteiger partial charge on any atom is 0.129 e. The average molecular weight is 273 g/mol. The molecule has 0 bridgehead atoms. The zero-order valence-corrected chi connectivity index (χ0v) is 12.8. The Hall–Kier alpha value is -0.940. The minimum absolute atomic E-state index is 0.000249. The number of rotatable bonds is 3. The van der Waals surface area contributed by atoms with Gasteiger partial charge < -0.3 is 5.11 Å². The van der Waals surface area contributed by atoms with E-state index in [0.717, 1.165) is 5.56 Å². The van der Waals surface area contributed by atoms with Gasteiger partial charge in [0.2, 0.25) is 0 Å². The average Bonchev–Trinajstić information content (AvgIpc) is 3.18. The molecule has 4 nitrogen and oxygen atoms in total. The van der Waals surface area contributed by atoms with Gasteiger partial charge in [0.1, 0.15) is 11.3 Å². The van der Waals surface area contributed by atoms with Crippen molar-refractivity contribution in [1.29, 1.82) is 0 Å². The number of aliphatic hydroxyl groups is 1. The number of fused-ring (bicyclic) bond motifs is 1. The molecule has 3 aliphatic heterocycles. The Morgan fingerprint density at radius 2 is 1.40 bits per heavy atom. The molecule has 1 aromatic carbocycles. The molecule has 1 atom stereocenters. The summed E-state index contributed by atoms with van der Waals surface area (Å²) in [7, 11) is 0. The van der Waals surface area contributed by atoms with Crippen molar-refractivity contribution in [1.82, 2.24) is 16.0 Å². The molecule has 0 aromatic heterocycles. The van der Waals surface area contributed by atoms with E-state index in [0.29, 0.717) is 0 Å². The molecular formula is C16H23N3O. The molecule has 0 spiro atoms. The van der Waals surface area contributed by atoms with Gasteiger partial charge in [-0.05, 0) is 45.7 Å². The summed E-state index contributed by atoms with van der Waals surface area (Å²) in [5.41, 5.74) is 1.52. The highest BCUT2D eigenvalue weighted by Gasteiger charge is 2.95. The van der Waals surface area contributed by atoms with Gasteiger partial charge in [0.15, 0.2) is 0 Å². The molecule has 3 heterocycles. The van der Waals surface area contributed by atoms with Gasteiger partial charge in [-0.3, -0.25) is 16.0 Å². The van der Waals surface area contributed by atoms with Crippen molar-refractivity contribution in [3.05, 3.63) is 35.4 Å². The smallest absolute Gasteiger partial charge is 0.129 e. The second-order valence-electron chi connectivity index (χ2n) is 7.76. The van der Waals surface area contributed by atoms with E-state index in [9.17, 15) is 5.11 Å². The topological polar surface area (TPSA) is 86.0 Å². The van der Waals surface area contributed by atoms with Crippen LogP contribution in [0.4, 0.5) is 0 Å². The van der Waals surface area contributed by atoms with Crippen molar-refractivity contribution in [2.75, 3.05) is 0 Å². The molecule has 1 aromatic rings. The first kappa shape index (κ1) is 12.8. The lowest BCUT2D eigenvalue weighted by molar-refractivity contribution is 0.0786. The zero-order chi connectivity index (χ0) is 14.6. The van der Waals surface area contributed by atoms with Gasteiger partial charge in [-0.15, -0.1) is 0 Å². The van der Waals surface area contributed by atoms with Crippen LogP contribution in [0.2, 0.25) is 0 Å². The van der Waals surface area contributed by atoms with E-state index >= 15 is 0 Å². The summed E-state index contributed by atoms with van der Waals surface area (Å²) in [6.45, 7) is 10.3. The molecule has 0 saturated carbocycles. The Balaban J connectivity index is 1.74. The quantitative estimate of drug-likeness (QED) is 0.621. The highest BCUT2D eigenvalue weighted by molar-refractivity contribution is 5.58. The van der Waals surface area contributed by atoms with E-state index in [4.69, 9.17) is 0 Å². The van der Waals surface area contributed by atoms with E-state index in [1.807, 2.05) is 26.0 Å². The lowest BCUT2D eigenvalue weighted by atomic mass is 9.82. The van der Waals surface area contributed by atoms with Crippen LogP contribution < -0.4 is 16.0 Å². The van der Waals surface area contributed by atoms with Crippen LogP contribution in [-0.2, 0) is 11.1 Å². The van der Waals surface area contributed by atoms with Crippen LogP contribution in [0.25, 0.3) is 0 Å². The molecule has 4 N–H and O–H groups in total. The third kappa shape index (κ3) is 1.22. The maximum atomic E-state index is 10.1. The normalized spacial score (nSPS) is 43.9. The van der Waals surface area contributed by atoms with Crippen molar-refractivity contribution >= 4 is 0 Å². The predicted octanol–water partition coefficient (Wildman–Crippen LogP) is 1.11. The molecule has 1 unspecified atom stereocenters. The van der Waals surface area contributed by atoms with Crippen molar-refractivity contribution in [3.8, 4) is 0 Å². The molecule has 0 radical (unpaired) electrons. The van der Waals surface area contributed by atoms with Gasteiger partial charge in [-0.1, -0.05) is 24.3 Å². The highest BCUT2D eigenvalue weighted by atomic mass is 16.3. The molecule has 20 heavy (non-hydrogen) atoms. The summed E-state index contributed by atoms with van der Waals surface area (Å²) in [5, 5.41) is 20.9. The molecule has 0 amide bonds. The second-order valence-corrected chi connectivity index (χ2v) is 7.76. The fourth-order valence-corrected chi connectivity index (χ4v) is 4.03. The minimum atomic E-state index is -0.791. The van der Waals surface area contributed by atoms with Crippen molar-refractivity contribution < 1.29 is 5.11 Å². The monoisotopic (exact) mass is 273 g/mol. The third-order valence-electron chi connectivity index (χ3n) is 5.46. The fourth-order valence-electron chi connectivity index (χ4n) is 4.03. The second kappa shape index (κ2) is 2.97. The van der Waals surface area contributed by atoms with E-state index in [1.54, 1.807) is 0 Å². The Bertz CT molecular complexity index is 593.